The van der Waals surface area contributed by atoms with E-state index in [2.05, 4.69) is 4.98 Å². The van der Waals surface area contributed by atoms with E-state index in [0.29, 0.717) is 23.7 Å². The number of pyridine rings is 1. The maximum Gasteiger partial charge on any atom is 0.222 e. The van der Waals surface area contributed by atoms with Crippen LogP contribution in [0.4, 0.5) is 5.69 Å². The zero-order valence-electron chi connectivity index (χ0n) is 9.64. The van der Waals surface area contributed by atoms with E-state index in [9.17, 15) is 0 Å². The van der Waals surface area contributed by atoms with Gasteiger partial charge in [0.05, 0.1) is 0 Å². The summed E-state index contributed by atoms with van der Waals surface area (Å²) >= 11 is 5.81. The van der Waals surface area contributed by atoms with Gasteiger partial charge in [0.1, 0.15) is 10.9 Å². The molecule has 0 amide bonds. The number of aromatic nitrogens is 1. The molecule has 94 valence electrons. The number of rotatable bonds is 4. The molecule has 0 aliphatic heterocycles. The average molecular weight is 265 g/mol. The van der Waals surface area contributed by atoms with Gasteiger partial charge < -0.3 is 15.6 Å². The van der Waals surface area contributed by atoms with Crippen LogP contribution < -0.4 is 10.5 Å². The van der Waals surface area contributed by atoms with Crippen LogP contribution in [0.1, 0.15) is 5.56 Å². The third-order valence-electron chi connectivity index (χ3n) is 2.36. The van der Waals surface area contributed by atoms with Gasteiger partial charge in [-0.15, -0.1) is 0 Å². The van der Waals surface area contributed by atoms with Crippen LogP contribution in [0, 0.1) is 0 Å². The number of nitrogen functional groups attached to an aromatic ring is 1. The van der Waals surface area contributed by atoms with Gasteiger partial charge >= 0.3 is 0 Å². The van der Waals surface area contributed by atoms with Crippen LogP contribution in [-0.4, -0.2) is 16.7 Å². The molecule has 3 N–H and O–H groups in total. The molecule has 0 aliphatic rings. The second kappa shape index (κ2) is 5.71. The normalized spacial score (nSPS) is 10.3. The Hall–Kier alpha value is -1.78. The van der Waals surface area contributed by atoms with Gasteiger partial charge in [-0.3, -0.25) is 0 Å². The molecule has 4 nitrogen and oxygen atoms in total. The first-order chi connectivity index (χ1) is 8.69. The summed E-state index contributed by atoms with van der Waals surface area (Å²) in [6, 6.07) is 10.6. The Kier molecular flexibility index (Phi) is 4.02. The van der Waals surface area contributed by atoms with Crippen LogP contribution in [0.5, 0.6) is 11.6 Å². The van der Waals surface area contributed by atoms with Crippen molar-refractivity contribution in [3.05, 3.63) is 47.1 Å². The zero-order chi connectivity index (χ0) is 13.0. The number of nitrogens with two attached hydrogens (primary N) is 1. The molecular formula is C13H13ClN2O2. The molecular weight excluding hydrogens is 252 g/mol. The molecule has 1 aromatic heterocycles. The number of anilines is 1. The molecule has 5 heteroatoms. The summed E-state index contributed by atoms with van der Waals surface area (Å²) in [4.78, 5) is 4.03. The Morgan fingerprint density at radius 2 is 2.06 bits per heavy atom. The summed E-state index contributed by atoms with van der Waals surface area (Å²) in [5.74, 6) is 0.978. The summed E-state index contributed by atoms with van der Waals surface area (Å²) < 4.78 is 5.64. The highest BCUT2D eigenvalue weighted by atomic mass is 35.5. The van der Waals surface area contributed by atoms with Gasteiger partial charge in [-0.2, -0.15) is 0 Å². The van der Waals surface area contributed by atoms with Gasteiger partial charge in [-0.25, -0.2) is 4.98 Å². The highest BCUT2D eigenvalue weighted by Gasteiger charge is 2.06. The van der Waals surface area contributed by atoms with Crippen molar-refractivity contribution in [3.8, 4) is 11.6 Å². The molecule has 2 aromatic rings. The molecule has 0 saturated carbocycles. The fourth-order valence-electron chi connectivity index (χ4n) is 1.59. The van der Waals surface area contributed by atoms with Crippen LogP contribution in [0.15, 0.2) is 36.4 Å². The van der Waals surface area contributed by atoms with Crippen molar-refractivity contribution in [3.63, 3.8) is 0 Å². The minimum Gasteiger partial charge on any atom is -0.439 e. The number of aliphatic hydroxyl groups excluding tert-OH is 1. The van der Waals surface area contributed by atoms with E-state index in [1.54, 1.807) is 12.1 Å². The van der Waals surface area contributed by atoms with Gasteiger partial charge in [0, 0.05) is 18.4 Å². The molecule has 0 bridgehead atoms. The monoisotopic (exact) mass is 264 g/mol. The van der Waals surface area contributed by atoms with Gasteiger partial charge in [0.2, 0.25) is 5.88 Å². The maximum absolute atomic E-state index is 8.99. The lowest BCUT2D eigenvalue weighted by Crippen LogP contribution is -1.97. The third kappa shape index (κ3) is 3.12. The van der Waals surface area contributed by atoms with E-state index in [4.69, 9.17) is 27.2 Å². The van der Waals surface area contributed by atoms with Gasteiger partial charge in [0.25, 0.3) is 0 Å². The van der Waals surface area contributed by atoms with Crippen molar-refractivity contribution >= 4 is 17.3 Å². The highest BCUT2D eigenvalue weighted by Crippen LogP contribution is 2.26. The largest absolute Gasteiger partial charge is 0.439 e. The Balaban J connectivity index is 2.27. The predicted molar refractivity (Wildman–Crippen MR) is 71.0 cm³/mol. The third-order valence-corrected chi connectivity index (χ3v) is 2.55. The van der Waals surface area contributed by atoms with E-state index >= 15 is 0 Å². The molecule has 0 atom stereocenters. The molecule has 0 aliphatic carbocycles. The fourth-order valence-corrected chi connectivity index (χ4v) is 1.80. The number of nitrogens with zero attached hydrogens (tertiary/aromatic N) is 1. The second-order valence-corrected chi connectivity index (χ2v) is 4.13. The van der Waals surface area contributed by atoms with E-state index in [1.807, 2.05) is 24.3 Å². The van der Waals surface area contributed by atoms with E-state index < -0.39 is 0 Å². The quantitative estimate of drug-likeness (QED) is 0.833. The number of halogens is 1. The van der Waals surface area contributed by atoms with Crippen molar-refractivity contribution in [2.24, 2.45) is 0 Å². The Bertz CT molecular complexity index is 526. The molecule has 0 saturated heterocycles. The molecule has 1 aromatic carbocycles. The molecule has 0 fully saturated rings. The lowest BCUT2D eigenvalue weighted by molar-refractivity contribution is 0.297. The second-order valence-electron chi connectivity index (χ2n) is 3.74. The first-order valence-corrected chi connectivity index (χ1v) is 5.86. The van der Waals surface area contributed by atoms with Gasteiger partial charge in [-0.1, -0.05) is 29.8 Å². The molecule has 2 rings (SSSR count). The Labute approximate surface area is 110 Å². The maximum atomic E-state index is 8.99. The van der Waals surface area contributed by atoms with Crippen molar-refractivity contribution in [1.82, 2.24) is 4.98 Å². The summed E-state index contributed by atoms with van der Waals surface area (Å²) in [5, 5.41) is 9.27. The topological polar surface area (TPSA) is 68.4 Å². The number of ether oxygens (including phenoxy) is 1. The minimum absolute atomic E-state index is 0.0610. The molecule has 0 radical (unpaired) electrons. The molecule has 0 unspecified atom stereocenters. The smallest absolute Gasteiger partial charge is 0.222 e. The van der Waals surface area contributed by atoms with Crippen LogP contribution in [0.2, 0.25) is 5.15 Å². The van der Waals surface area contributed by atoms with E-state index in [1.165, 1.54) is 0 Å². The zero-order valence-corrected chi connectivity index (χ0v) is 10.4. The van der Waals surface area contributed by atoms with Crippen LogP contribution in [0.3, 0.4) is 0 Å². The molecule has 0 spiro atoms. The number of hydrogen-bond acceptors (Lipinski definition) is 4. The van der Waals surface area contributed by atoms with Gasteiger partial charge in [-0.05, 0) is 24.1 Å². The summed E-state index contributed by atoms with van der Waals surface area (Å²) in [7, 11) is 0. The first-order valence-electron chi connectivity index (χ1n) is 5.48. The Morgan fingerprint density at radius 3 is 2.78 bits per heavy atom. The number of aliphatic hydroxyl groups is 1. The fraction of sp³-hybridized carbons (Fsp3) is 0.154. The van der Waals surface area contributed by atoms with Crippen molar-refractivity contribution in [2.45, 2.75) is 6.42 Å². The summed E-state index contributed by atoms with van der Waals surface area (Å²) in [6.45, 7) is 0.0610. The minimum atomic E-state index is 0.0610. The molecule has 18 heavy (non-hydrogen) atoms. The number of hydrogen-bond donors (Lipinski definition) is 2. The van der Waals surface area contributed by atoms with Crippen molar-refractivity contribution in [2.75, 3.05) is 12.3 Å². The van der Waals surface area contributed by atoms with Crippen LogP contribution in [0.25, 0.3) is 0 Å². The lowest BCUT2D eigenvalue weighted by Gasteiger charge is -2.10. The first kappa shape index (κ1) is 12.7. The lowest BCUT2D eigenvalue weighted by atomic mass is 10.1. The predicted octanol–water partition coefficient (Wildman–Crippen LogP) is 2.64. The highest BCUT2D eigenvalue weighted by molar-refractivity contribution is 6.29. The van der Waals surface area contributed by atoms with Crippen LogP contribution in [-0.2, 0) is 6.42 Å². The number of para-hydroxylation sites is 1. The Morgan fingerprint density at radius 1 is 1.28 bits per heavy atom. The summed E-state index contributed by atoms with van der Waals surface area (Å²) in [6.07, 6.45) is 0.520. The van der Waals surface area contributed by atoms with Crippen LogP contribution >= 0.6 is 11.6 Å². The van der Waals surface area contributed by atoms with E-state index in [0.717, 1.165) is 5.56 Å². The van der Waals surface area contributed by atoms with E-state index in [-0.39, 0.29) is 11.8 Å². The number of benzene rings is 1. The average Bonchev–Trinajstić information content (AvgIpc) is 2.30. The van der Waals surface area contributed by atoms with Crippen molar-refractivity contribution in [1.29, 1.82) is 0 Å². The standard InChI is InChI=1S/C13H13ClN2O2/c14-12-7-10(15)8-13(16-12)18-11-4-2-1-3-9(11)5-6-17/h1-4,7-8,17H,5-6H2,(H2,15,16). The SMILES string of the molecule is Nc1cc(Cl)nc(Oc2ccccc2CCO)c1. The molecule has 1 heterocycles. The summed E-state index contributed by atoms with van der Waals surface area (Å²) in [5.41, 5.74) is 7.06. The van der Waals surface area contributed by atoms with Crippen molar-refractivity contribution < 1.29 is 9.84 Å². The van der Waals surface area contributed by atoms with Gasteiger partial charge in [0.15, 0.2) is 0 Å².